The smallest absolute Gasteiger partial charge is 0.377 e. The minimum absolute atomic E-state index is 0.215. The van der Waals surface area contributed by atoms with Crippen LogP contribution in [0.1, 0.15) is 16.8 Å². The van der Waals surface area contributed by atoms with E-state index in [0.717, 1.165) is 48.9 Å². The van der Waals surface area contributed by atoms with Gasteiger partial charge in [-0.25, -0.2) is 8.78 Å². The van der Waals surface area contributed by atoms with Crippen LogP contribution < -0.4 is 0 Å². The van der Waals surface area contributed by atoms with Crippen LogP contribution in [-0.4, -0.2) is 30.3 Å². The second-order valence-corrected chi connectivity index (χ2v) is 7.53. The highest BCUT2D eigenvalue weighted by Crippen LogP contribution is 2.46. The molecule has 35 heavy (non-hydrogen) atoms. The van der Waals surface area contributed by atoms with E-state index < -0.39 is 52.7 Å². The van der Waals surface area contributed by atoms with Crippen LogP contribution >= 0.6 is 0 Å². The Morgan fingerprint density at radius 2 is 1.54 bits per heavy atom. The summed E-state index contributed by atoms with van der Waals surface area (Å²) in [6.07, 6.45) is -2.65. The molecule has 1 atom stereocenters. The quantitative estimate of drug-likeness (QED) is 0.391. The molecule has 0 aliphatic heterocycles. The highest BCUT2D eigenvalue weighted by molar-refractivity contribution is 5.63. The fourth-order valence-corrected chi connectivity index (χ4v) is 3.46. The predicted molar refractivity (Wildman–Crippen MR) is 107 cm³/mol. The van der Waals surface area contributed by atoms with Gasteiger partial charge in [-0.3, -0.25) is 4.98 Å². The Bertz CT molecular complexity index is 1310. The van der Waals surface area contributed by atoms with Gasteiger partial charge in [0.1, 0.15) is 23.9 Å². The average molecular weight is 497 g/mol. The van der Waals surface area contributed by atoms with Crippen LogP contribution in [0.3, 0.4) is 0 Å². The number of hydrogen-bond acceptors (Lipinski definition) is 5. The number of pyridine rings is 1. The molecule has 4 rings (SSSR count). The van der Waals surface area contributed by atoms with Crippen molar-refractivity contribution in [2.24, 2.45) is 0 Å². The Labute approximate surface area is 192 Å². The normalized spacial score (nSPS) is 14.1. The lowest BCUT2D eigenvalue weighted by atomic mass is 9.84. The molecular weight excluding hydrogens is 483 g/mol. The molecule has 0 aliphatic rings. The molecule has 0 spiro atoms. The summed E-state index contributed by atoms with van der Waals surface area (Å²) in [6, 6.07) is 7.68. The van der Waals surface area contributed by atoms with Crippen LogP contribution in [0.4, 0.5) is 30.7 Å². The number of alkyl halides is 5. The third-order valence-electron chi connectivity index (χ3n) is 5.29. The molecule has 2 heterocycles. The molecule has 2 aromatic heterocycles. The summed E-state index contributed by atoms with van der Waals surface area (Å²) in [6.45, 7) is -1.06. The number of rotatable bonds is 6. The molecule has 4 aromatic rings. The van der Waals surface area contributed by atoms with E-state index in [-0.39, 0.29) is 11.1 Å². The Balaban J connectivity index is 1.73. The number of nitrogens with zero attached hydrogens (tertiary/aromatic N) is 5. The third kappa shape index (κ3) is 4.58. The fraction of sp³-hybridized carbons (Fsp3) is 0.182. The first-order valence-electron chi connectivity index (χ1n) is 9.82. The second kappa shape index (κ2) is 8.73. The number of aromatic nitrogens is 5. The Morgan fingerprint density at radius 3 is 2.09 bits per heavy atom. The van der Waals surface area contributed by atoms with Crippen LogP contribution in [0.15, 0.2) is 67.1 Å². The van der Waals surface area contributed by atoms with Crippen LogP contribution in [0, 0.1) is 11.6 Å². The van der Waals surface area contributed by atoms with Gasteiger partial charge in [-0.15, -0.1) is 10.2 Å². The zero-order chi connectivity index (χ0) is 25.4. The van der Waals surface area contributed by atoms with E-state index in [2.05, 4.69) is 20.4 Å². The molecule has 1 unspecified atom stereocenters. The van der Waals surface area contributed by atoms with Gasteiger partial charge in [0.25, 0.3) is 0 Å². The topological polar surface area (TPSA) is 76.7 Å². The van der Waals surface area contributed by atoms with Crippen molar-refractivity contribution in [2.45, 2.75) is 24.2 Å². The maximum Gasteiger partial charge on any atom is 0.416 e. The molecule has 0 aliphatic carbocycles. The van der Waals surface area contributed by atoms with E-state index in [9.17, 15) is 27.1 Å². The first kappa shape index (κ1) is 24.3. The highest BCUT2D eigenvalue weighted by Gasteiger charge is 2.58. The predicted octanol–water partition coefficient (Wildman–Crippen LogP) is 4.71. The summed E-state index contributed by atoms with van der Waals surface area (Å²) in [5.41, 5.74) is -5.64. The van der Waals surface area contributed by atoms with Crippen molar-refractivity contribution >= 4 is 0 Å². The lowest BCUT2D eigenvalue weighted by Crippen LogP contribution is -2.48. The van der Waals surface area contributed by atoms with Gasteiger partial charge in [-0.2, -0.15) is 26.7 Å². The molecule has 0 saturated carbocycles. The Morgan fingerprint density at radius 1 is 0.857 bits per heavy atom. The number of halogens is 7. The van der Waals surface area contributed by atoms with Crippen molar-refractivity contribution < 1.29 is 35.8 Å². The Hall–Kier alpha value is -3.87. The van der Waals surface area contributed by atoms with Crippen molar-refractivity contribution in [1.29, 1.82) is 0 Å². The third-order valence-corrected chi connectivity index (χ3v) is 5.29. The Kier molecular flexibility index (Phi) is 6.05. The number of benzene rings is 2. The maximum absolute atomic E-state index is 15.7. The molecule has 1 N–H and O–H groups in total. The van der Waals surface area contributed by atoms with Crippen molar-refractivity contribution in [3.05, 3.63) is 95.6 Å². The first-order valence-corrected chi connectivity index (χ1v) is 9.82. The summed E-state index contributed by atoms with van der Waals surface area (Å²) in [5.74, 6) is -6.75. The monoisotopic (exact) mass is 497 g/mol. The lowest BCUT2D eigenvalue weighted by molar-refractivity contribution is -0.209. The van der Waals surface area contributed by atoms with E-state index in [1.807, 2.05) is 0 Å². The fourth-order valence-electron chi connectivity index (χ4n) is 3.46. The van der Waals surface area contributed by atoms with Crippen molar-refractivity contribution in [1.82, 2.24) is 25.2 Å². The molecule has 0 saturated heterocycles. The van der Waals surface area contributed by atoms with E-state index in [1.54, 1.807) is 0 Å². The average Bonchev–Trinajstić information content (AvgIpc) is 3.31. The summed E-state index contributed by atoms with van der Waals surface area (Å²) in [5, 5.41) is 21.5. The minimum atomic E-state index is -4.54. The summed E-state index contributed by atoms with van der Waals surface area (Å²) in [7, 11) is 0. The molecule has 0 bridgehead atoms. The zero-order valence-corrected chi connectivity index (χ0v) is 17.4. The van der Waals surface area contributed by atoms with Crippen molar-refractivity contribution in [3.63, 3.8) is 0 Å². The van der Waals surface area contributed by atoms with Crippen molar-refractivity contribution in [2.75, 3.05) is 0 Å². The maximum atomic E-state index is 15.7. The zero-order valence-electron chi connectivity index (χ0n) is 17.4. The van der Waals surface area contributed by atoms with Gasteiger partial charge in [0, 0.05) is 23.4 Å². The molecule has 2 aromatic carbocycles. The highest BCUT2D eigenvalue weighted by atomic mass is 19.4. The summed E-state index contributed by atoms with van der Waals surface area (Å²) < 4.78 is 97.6. The van der Waals surface area contributed by atoms with E-state index in [4.69, 9.17) is 0 Å². The molecule has 0 fully saturated rings. The molecular formula is C22H14F7N5O. The van der Waals surface area contributed by atoms with Gasteiger partial charge < -0.3 is 5.11 Å². The van der Waals surface area contributed by atoms with Gasteiger partial charge in [-0.05, 0) is 41.1 Å². The van der Waals surface area contributed by atoms with Crippen LogP contribution in [0.5, 0.6) is 0 Å². The van der Waals surface area contributed by atoms with Gasteiger partial charge in [-0.1, -0.05) is 18.2 Å². The standard InChI is InChI=1S/C22H14F7N5O/c23-16-6-7-17(18(24)9-16)20(35,11-34-32-12-31-33-34)21(25,26)19-8-3-14(10-30-19)13-1-4-15(5-2-13)22(27,28)29/h1-10,12,35H,11H2. The summed E-state index contributed by atoms with van der Waals surface area (Å²) in [4.78, 5) is 4.28. The number of aliphatic hydroxyl groups is 1. The SMILES string of the molecule is OC(Cn1ncnn1)(c1ccc(F)cc1F)C(F)(F)c1ccc(-c2ccc(C(F)(F)F)cc2)cn1. The number of tetrazole rings is 1. The molecule has 13 heteroatoms. The van der Waals surface area contributed by atoms with E-state index >= 15 is 8.78 Å². The largest absolute Gasteiger partial charge is 0.416 e. The van der Waals surface area contributed by atoms with Gasteiger partial charge in [0.15, 0.2) is 11.9 Å². The van der Waals surface area contributed by atoms with Crippen molar-refractivity contribution in [3.8, 4) is 11.1 Å². The van der Waals surface area contributed by atoms with Crippen LogP contribution in [0.2, 0.25) is 0 Å². The lowest BCUT2D eigenvalue weighted by Gasteiger charge is -2.35. The molecule has 6 nitrogen and oxygen atoms in total. The molecule has 182 valence electrons. The van der Waals surface area contributed by atoms with E-state index in [1.165, 1.54) is 0 Å². The van der Waals surface area contributed by atoms with Gasteiger partial charge in [0.2, 0.25) is 0 Å². The van der Waals surface area contributed by atoms with Gasteiger partial charge >= 0.3 is 12.1 Å². The molecule has 0 radical (unpaired) electrons. The summed E-state index contributed by atoms with van der Waals surface area (Å²) >= 11 is 0. The second-order valence-electron chi connectivity index (χ2n) is 7.53. The van der Waals surface area contributed by atoms with Crippen LogP contribution in [-0.2, 0) is 24.2 Å². The molecule has 0 amide bonds. The van der Waals surface area contributed by atoms with Gasteiger partial charge in [0.05, 0.1) is 5.56 Å². The number of hydrogen-bond donors (Lipinski definition) is 1. The first-order chi connectivity index (χ1) is 16.4. The minimum Gasteiger partial charge on any atom is -0.377 e. The van der Waals surface area contributed by atoms with E-state index in [0.29, 0.717) is 23.0 Å². The van der Waals surface area contributed by atoms with Crippen LogP contribution in [0.25, 0.3) is 11.1 Å².